The lowest BCUT2D eigenvalue weighted by Gasteiger charge is -2.16. The van der Waals surface area contributed by atoms with E-state index in [1.54, 1.807) is 49.6 Å². The summed E-state index contributed by atoms with van der Waals surface area (Å²) in [6, 6.07) is 21.8. The van der Waals surface area contributed by atoms with Crippen LogP contribution in [0.5, 0.6) is 11.5 Å². The molecule has 0 spiro atoms. The third-order valence-electron chi connectivity index (χ3n) is 5.43. The lowest BCUT2D eigenvalue weighted by Crippen LogP contribution is -2.34. The minimum absolute atomic E-state index is 0.179. The molecular formula is C26H23ClN2O4. The van der Waals surface area contributed by atoms with Crippen LogP contribution >= 0.6 is 11.6 Å². The van der Waals surface area contributed by atoms with Gasteiger partial charge in [0.1, 0.15) is 17.2 Å². The van der Waals surface area contributed by atoms with Crippen LogP contribution in [0.2, 0.25) is 5.02 Å². The second-order valence-corrected chi connectivity index (χ2v) is 7.88. The fourth-order valence-corrected chi connectivity index (χ4v) is 3.89. The summed E-state index contributed by atoms with van der Waals surface area (Å²) in [6.07, 6.45) is 0.558. The van der Waals surface area contributed by atoms with E-state index in [4.69, 9.17) is 21.1 Å². The molecule has 0 aliphatic carbocycles. The number of imide groups is 1. The number of ether oxygens (including phenoxy) is 2. The number of amides is 2. The summed E-state index contributed by atoms with van der Waals surface area (Å²) in [6.45, 7) is 0.263. The Labute approximate surface area is 197 Å². The van der Waals surface area contributed by atoms with Crippen LogP contribution < -0.4 is 14.8 Å². The molecule has 1 heterocycles. The average molecular weight is 463 g/mol. The largest absolute Gasteiger partial charge is 0.497 e. The van der Waals surface area contributed by atoms with Crippen molar-refractivity contribution < 1.29 is 19.1 Å². The monoisotopic (exact) mass is 462 g/mol. The van der Waals surface area contributed by atoms with Gasteiger partial charge in [-0.25, -0.2) is 0 Å². The topological polar surface area (TPSA) is 67.9 Å². The zero-order chi connectivity index (χ0) is 23.4. The molecule has 0 unspecified atom stereocenters. The van der Waals surface area contributed by atoms with Crippen molar-refractivity contribution in [3.8, 4) is 11.5 Å². The van der Waals surface area contributed by atoms with Gasteiger partial charge in [-0.05, 0) is 47.9 Å². The van der Waals surface area contributed by atoms with Gasteiger partial charge in [0.15, 0.2) is 0 Å². The second-order valence-electron chi connectivity index (χ2n) is 7.45. The summed E-state index contributed by atoms with van der Waals surface area (Å²) >= 11 is 6.17. The van der Waals surface area contributed by atoms with Crippen molar-refractivity contribution in [2.24, 2.45) is 0 Å². The molecule has 7 heteroatoms. The zero-order valence-corrected chi connectivity index (χ0v) is 19.1. The minimum Gasteiger partial charge on any atom is -0.497 e. The molecule has 4 rings (SSSR count). The van der Waals surface area contributed by atoms with Gasteiger partial charge in [-0.15, -0.1) is 0 Å². The van der Waals surface area contributed by atoms with E-state index < -0.39 is 5.91 Å². The number of hydrogen-bond acceptors (Lipinski definition) is 5. The van der Waals surface area contributed by atoms with Crippen LogP contribution in [0.3, 0.4) is 0 Å². The molecule has 1 aliphatic heterocycles. The Morgan fingerprint density at radius 3 is 2.27 bits per heavy atom. The summed E-state index contributed by atoms with van der Waals surface area (Å²) in [4.78, 5) is 28.1. The first-order valence-electron chi connectivity index (χ1n) is 10.4. The smallest absolute Gasteiger partial charge is 0.278 e. The molecule has 3 aromatic carbocycles. The first kappa shape index (κ1) is 22.4. The van der Waals surface area contributed by atoms with Gasteiger partial charge in [-0.2, -0.15) is 0 Å². The number of methoxy groups -OCH3 is 2. The van der Waals surface area contributed by atoms with Crippen molar-refractivity contribution in [2.45, 2.75) is 6.42 Å². The van der Waals surface area contributed by atoms with Crippen LogP contribution in [-0.2, 0) is 16.0 Å². The van der Waals surface area contributed by atoms with Crippen molar-refractivity contribution in [3.05, 3.63) is 94.6 Å². The third-order valence-corrected chi connectivity index (χ3v) is 5.67. The van der Waals surface area contributed by atoms with Crippen LogP contribution in [0, 0.1) is 0 Å². The second kappa shape index (κ2) is 9.79. The number of carbonyl (C=O) groups is 2. The molecule has 0 atom stereocenters. The SMILES string of the molecule is COc1ccc(C2=C(Nc3cc(Cl)ccc3OC)C(=O)N(CCc3ccccc3)C2=O)cc1. The molecule has 33 heavy (non-hydrogen) atoms. The Kier molecular flexibility index (Phi) is 6.66. The molecule has 0 radical (unpaired) electrons. The standard InChI is InChI=1S/C26H23ClN2O4/c1-32-20-11-8-18(9-12-20)23-24(28-21-16-19(27)10-13-22(21)33-2)26(31)29(25(23)30)15-14-17-6-4-3-5-7-17/h3-13,16,28H,14-15H2,1-2H3. The van der Waals surface area contributed by atoms with Gasteiger partial charge >= 0.3 is 0 Å². The highest BCUT2D eigenvalue weighted by Gasteiger charge is 2.39. The molecular weight excluding hydrogens is 440 g/mol. The van der Waals surface area contributed by atoms with Crippen molar-refractivity contribution in [1.29, 1.82) is 0 Å². The molecule has 6 nitrogen and oxygen atoms in total. The van der Waals surface area contributed by atoms with Crippen LogP contribution in [-0.4, -0.2) is 37.5 Å². The first-order valence-corrected chi connectivity index (χ1v) is 10.8. The first-order chi connectivity index (χ1) is 16.0. The molecule has 1 N–H and O–H groups in total. The summed E-state index contributed by atoms with van der Waals surface area (Å²) in [7, 11) is 3.10. The number of carbonyl (C=O) groups excluding carboxylic acids is 2. The molecule has 2 amide bonds. The number of nitrogens with one attached hydrogen (secondary N) is 1. The molecule has 3 aromatic rings. The Morgan fingerprint density at radius 2 is 1.61 bits per heavy atom. The fraction of sp³-hybridized carbons (Fsp3) is 0.154. The summed E-state index contributed by atoms with van der Waals surface area (Å²) in [5, 5.41) is 3.59. The molecule has 0 aromatic heterocycles. The van der Waals surface area contributed by atoms with Crippen LogP contribution in [0.15, 0.2) is 78.5 Å². The summed E-state index contributed by atoms with van der Waals surface area (Å²) in [5.74, 6) is 0.403. The van der Waals surface area contributed by atoms with Crippen LogP contribution in [0.1, 0.15) is 11.1 Å². The number of benzene rings is 3. The van der Waals surface area contributed by atoms with Gasteiger partial charge in [0.25, 0.3) is 11.8 Å². The molecule has 168 valence electrons. The third kappa shape index (κ3) is 4.71. The van der Waals surface area contributed by atoms with E-state index >= 15 is 0 Å². The lowest BCUT2D eigenvalue weighted by atomic mass is 10.0. The average Bonchev–Trinajstić information content (AvgIpc) is 3.07. The normalized spacial score (nSPS) is 13.5. The molecule has 0 fully saturated rings. The predicted octanol–water partition coefficient (Wildman–Crippen LogP) is 4.79. The van der Waals surface area contributed by atoms with E-state index in [0.717, 1.165) is 5.56 Å². The van der Waals surface area contributed by atoms with E-state index in [1.807, 2.05) is 30.3 Å². The van der Waals surface area contributed by atoms with Gasteiger partial charge in [0, 0.05) is 11.6 Å². The Morgan fingerprint density at radius 1 is 0.879 bits per heavy atom. The van der Waals surface area contributed by atoms with Crippen molar-refractivity contribution >= 4 is 34.7 Å². The number of hydrogen-bond donors (Lipinski definition) is 1. The highest BCUT2D eigenvalue weighted by molar-refractivity contribution is 6.36. The van der Waals surface area contributed by atoms with E-state index in [9.17, 15) is 9.59 Å². The molecule has 0 saturated carbocycles. The van der Waals surface area contributed by atoms with Crippen molar-refractivity contribution in [1.82, 2.24) is 4.90 Å². The maximum absolute atomic E-state index is 13.4. The van der Waals surface area contributed by atoms with Gasteiger partial charge in [-0.1, -0.05) is 54.1 Å². The van der Waals surface area contributed by atoms with Crippen molar-refractivity contribution in [3.63, 3.8) is 0 Å². The van der Waals surface area contributed by atoms with Crippen LogP contribution in [0.25, 0.3) is 5.57 Å². The van der Waals surface area contributed by atoms with Gasteiger partial charge in [0.2, 0.25) is 0 Å². The van der Waals surface area contributed by atoms with E-state index in [0.29, 0.717) is 34.2 Å². The lowest BCUT2D eigenvalue weighted by molar-refractivity contribution is -0.136. The fourth-order valence-electron chi connectivity index (χ4n) is 3.72. The number of halogens is 1. The van der Waals surface area contributed by atoms with Crippen LogP contribution in [0.4, 0.5) is 5.69 Å². The Hall–Kier alpha value is -3.77. The van der Waals surface area contributed by atoms with E-state index in [1.165, 1.54) is 12.0 Å². The highest BCUT2D eigenvalue weighted by Crippen LogP contribution is 2.35. The zero-order valence-electron chi connectivity index (χ0n) is 18.3. The molecule has 1 aliphatic rings. The summed E-state index contributed by atoms with van der Waals surface area (Å²) in [5.41, 5.74) is 2.62. The maximum Gasteiger partial charge on any atom is 0.278 e. The number of rotatable bonds is 8. The highest BCUT2D eigenvalue weighted by atomic mass is 35.5. The Bertz CT molecular complexity index is 1210. The number of anilines is 1. The Balaban J connectivity index is 1.71. The minimum atomic E-state index is -0.399. The van der Waals surface area contributed by atoms with Gasteiger partial charge in [0.05, 0.1) is 25.5 Å². The predicted molar refractivity (Wildman–Crippen MR) is 128 cm³/mol. The van der Waals surface area contributed by atoms with Gasteiger partial charge in [-0.3, -0.25) is 14.5 Å². The number of nitrogens with zero attached hydrogens (tertiary/aromatic N) is 1. The van der Waals surface area contributed by atoms with Gasteiger partial charge < -0.3 is 14.8 Å². The maximum atomic E-state index is 13.4. The van der Waals surface area contributed by atoms with E-state index in [-0.39, 0.29) is 23.7 Å². The molecule has 0 saturated heterocycles. The molecule has 0 bridgehead atoms. The summed E-state index contributed by atoms with van der Waals surface area (Å²) < 4.78 is 10.6. The quantitative estimate of drug-likeness (QED) is 0.487. The van der Waals surface area contributed by atoms with Crippen molar-refractivity contribution in [2.75, 3.05) is 26.1 Å². The van der Waals surface area contributed by atoms with E-state index in [2.05, 4.69) is 5.32 Å².